The molecule has 1 unspecified atom stereocenters. The lowest BCUT2D eigenvalue weighted by Gasteiger charge is -2.43. The van der Waals surface area contributed by atoms with Gasteiger partial charge in [-0.1, -0.05) is 25.1 Å². The van der Waals surface area contributed by atoms with E-state index >= 15 is 0 Å². The smallest absolute Gasteiger partial charge is 0.303 e. The molecule has 1 aliphatic heterocycles. The summed E-state index contributed by atoms with van der Waals surface area (Å²) in [5, 5.41) is 10.3. The number of carboxylic acid groups (broad SMARTS) is 1. The Bertz CT molecular complexity index is 934. The number of halogens is 2. The van der Waals surface area contributed by atoms with E-state index in [2.05, 4.69) is 11.8 Å². The lowest BCUT2D eigenvalue weighted by molar-refractivity contribution is -0.139. The van der Waals surface area contributed by atoms with E-state index < -0.39 is 12.4 Å². The number of hydrogen-bond donors (Lipinski definition) is 1. The predicted molar refractivity (Wildman–Crippen MR) is 117 cm³/mol. The second-order valence-electron chi connectivity index (χ2n) is 9.35. The molecule has 1 saturated carbocycles. The van der Waals surface area contributed by atoms with Crippen molar-refractivity contribution in [3.8, 4) is 5.75 Å². The molecule has 6 heteroatoms. The van der Waals surface area contributed by atoms with Crippen LogP contribution in [0.2, 0.25) is 0 Å². The largest absolute Gasteiger partial charge is 0.490 e. The third-order valence-electron chi connectivity index (χ3n) is 7.00. The maximum atomic E-state index is 14.1. The minimum Gasteiger partial charge on any atom is -0.490 e. The average Bonchev–Trinajstić information content (AvgIpc) is 2.70. The van der Waals surface area contributed by atoms with Crippen LogP contribution in [-0.4, -0.2) is 35.2 Å². The first-order valence-corrected chi connectivity index (χ1v) is 11.3. The molecule has 168 valence electrons. The number of aliphatic carboxylic acids is 1. The van der Waals surface area contributed by atoms with E-state index in [1.165, 1.54) is 12.8 Å². The Kier molecular flexibility index (Phi) is 6.47. The van der Waals surface area contributed by atoms with Crippen molar-refractivity contribution in [2.75, 3.05) is 13.1 Å². The van der Waals surface area contributed by atoms with E-state index in [9.17, 15) is 13.6 Å². The van der Waals surface area contributed by atoms with Crippen molar-refractivity contribution in [1.29, 1.82) is 0 Å². The van der Waals surface area contributed by atoms with Crippen molar-refractivity contribution < 1.29 is 23.4 Å². The zero-order chi connectivity index (χ0) is 22.1. The molecular weight excluding hydrogens is 400 g/mol. The predicted octanol–water partition coefficient (Wildman–Crippen LogP) is 6.20. The summed E-state index contributed by atoms with van der Waals surface area (Å²) in [4.78, 5) is 13.0. The maximum Gasteiger partial charge on any atom is 0.303 e. The molecule has 31 heavy (non-hydrogen) atoms. The highest BCUT2D eigenvalue weighted by Gasteiger charge is 2.34. The number of ether oxygens (including phenoxy) is 1. The highest BCUT2D eigenvalue weighted by Crippen LogP contribution is 2.39. The quantitative estimate of drug-likeness (QED) is 0.567. The van der Waals surface area contributed by atoms with Gasteiger partial charge in [-0.2, -0.15) is 0 Å². The van der Waals surface area contributed by atoms with Crippen LogP contribution in [0.4, 0.5) is 8.78 Å². The van der Waals surface area contributed by atoms with Crippen LogP contribution in [0.25, 0.3) is 10.8 Å². The lowest BCUT2D eigenvalue weighted by atomic mass is 9.88. The molecule has 1 saturated heterocycles. The van der Waals surface area contributed by atoms with E-state index in [0.717, 1.165) is 29.9 Å². The van der Waals surface area contributed by atoms with Gasteiger partial charge in [0.15, 0.2) is 0 Å². The third-order valence-corrected chi connectivity index (χ3v) is 7.00. The molecule has 0 amide bonds. The monoisotopic (exact) mass is 431 g/mol. The van der Waals surface area contributed by atoms with Crippen molar-refractivity contribution in [3.63, 3.8) is 0 Å². The number of carbonyl (C=O) groups is 1. The Morgan fingerprint density at radius 2 is 1.87 bits per heavy atom. The number of nitrogens with zero attached hydrogens (tertiary/aromatic N) is 1. The zero-order valence-electron chi connectivity index (χ0n) is 18.2. The second-order valence-corrected chi connectivity index (χ2v) is 9.35. The molecule has 1 heterocycles. The van der Waals surface area contributed by atoms with Gasteiger partial charge in [0, 0.05) is 24.7 Å². The molecule has 2 aromatic rings. The Hall–Kier alpha value is -2.21. The topological polar surface area (TPSA) is 49.8 Å². The van der Waals surface area contributed by atoms with Crippen LogP contribution in [0.5, 0.6) is 5.75 Å². The molecule has 4 rings (SSSR count). The van der Waals surface area contributed by atoms with Crippen LogP contribution in [0.3, 0.4) is 0 Å². The summed E-state index contributed by atoms with van der Waals surface area (Å²) in [7, 11) is 0. The van der Waals surface area contributed by atoms with Crippen LogP contribution >= 0.6 is 0 Å². The lowest BCUT2D eigenvalue weighted by Crippen LogP contribution is -2.48. The van der Waals surface area contributed by atoms with Gasteiger partial charge in [0.05, 0.1) is 12.5 Å². The molecular formula is C25H31F2NO3. The van der Waals surface area contributed by atoms with Gasteiger partial charge in [-0.25, -0.2) is 8.78 Å². The molecule has 2 fully saturated rings. The number of hydrogen-bond acceptors (Lipinski definition) is 3. The van der Waals surface area contributed by atoms with Gasteiger partial charge in [0.2, 0.25) is 0 Å². The number of carboxylic acids is 1. The summed E-state index contributed by atoms with van der Waals surface area (Å²) in [5.74, 6) is 0.776. The Morgan fingerprint density at radius 1 is 1.16 bits per heavy atom. The Labute approximate surface area is 182 Å². The van der Waals surface area contributed by atoms with E-state index in [4.69, 9.17) is 9.84 Å². The number of fused-ring (bicyclic) bond motifs is 1. The van der Waals surface area contributed by atoms with E-state index in [1.807, 2.05) is 25.1 Å². The van der Waals surface area contributed by atoms with Crippen LogP contribution < -0.4 is 4.74 Å². The number of alkyl halides is 2. The fraction of sp³-hybridized carbons (Fsp3) is 0.560. The number of likely N-dealkylation sites (tertiary alicyclic amines) is 1. The van der Waals surface area contributed by atoms with Crippen LogP contribution in [-0.2, 0) is 4.79 Å². The second kappa shape index (κ2) is 9.11. The molecule has 2 aromatic carbocycles. The molecule has 1 N–H and O–H groups in total. The van der Waals surface area contributed by atoms with E-state index in [0.29, 0.717) is 24.0 Å². The van der Waals surface area contributed by atoms with E-state index in [-0.39, 0.29) is 30.0 Å². The molecule has 0 spiro atoms. The van der Waals surface area contributed by atoms with Crippen molar-refractivity contribution in [2.24, 2.45) is 11.8 Å². The Morgan fingerprint density at radius 3 is 2.52 bits per heavy atom. The first kappa shape index (κ1) is 22.0. The van der Waals surface area contributed by atoms with Gasteiger partial charge in [-0.05, 0) is 72.9 Å². The summed E-state index contributed by atoms with van der Waals surface area (Å²) >= 11 is 0. The fourth-order valence-corrected chi connectivity index (χ4v) is 5.07. The maximum absolute atomic E-state index is 14.1. The van der Waals surface area contributed by atoms with Crippen molar-refractivity contribution in [3.05, 3.63) is 41.5 Å². The first-order valence-electron chi connectivity index (χ1n) is 11.3. The highest BCUT2D eigenvalue weighted by atomic mass is 19.3. The fourth-order valence-electron chi connectivity index (χ4n) is 5.07. The van der Waals surface area contributed by atoms with Crippen molar-refractivity contribution in [1.82, 2.24) is 4.90 Å². The van der Waals surface area contributed by atoms with Crippen LogP contribution in [0.1, 0.15) is 69.5 Å². The van der Waals surface area contributed by atoms with Gasteiger partial charge in [0.1, 0.15) is 5.75 Å². The molecule has 0 bridgehead atoms. The third kappa shape index (κ3) is 4.84. The minimum atomic E-state index is -2.58. The molecule has 4 nitrogen and oxygen atoms in total. The summed E-state index contributed by atoms with van der Waals surface area (Å²) in [6.07, 6.45) is 2.16. The molecule has 1 aliphatic carbocycles. The van der Waals surface area contributed by atoms with Gasteiger partial charge >= 0.3 is 5.97 Å². The summed E-state index contributed by atoms with van der Waals surface area (Å²) in [6.45, 7) is 5.44. The average molecular weight is 432 g/mol. The minimum absolute atomic E-state index is 0.0738. The summed E-state index contributed by atoms with van der Waals surface area (Å²) < 4.78 is 34.4. The van der Waals surface area contributed by atoms with Gasteiger partial charge in [-0.3, -0.25) is 9.69 Å². The van der Waals surface area contributed by atoms with Crippen molar-refractivity contribution >= 4 is 16.7 Å². The molecule has 0 aromatic heterocycles. The summed E-state index contributed by atoms with van der Waals surface area (Å²) in [6, 6.07) is 8.96. The Balaban J connectivity index is 1.54. The van der Waals surface area contributed by atoms with Crippen LogP contribution in [0.15, 0.2) is 30.3 Å². The van der Waals surface area contributed by atoms with Crippen LogP contribution in [0, 0.1) is 11.8 Å². The standard InChI is InChI=1S/C25H31F2NO3/c1-15-3-6-19(7-4-15)31-20-8-10-22-18(12-20)5-9-21(24(22)25(26)27)16(2)28-13-17(14-28)11-23(29)30/h5,8-10,12,15-17,19,25H,3-4,6-7,11,13-14H2,1-2H3,(H,29,30)/t15-,16?,19+. The first-order chi connectivity index (χ1) is 14.8. The summed E-state index contributed by atoms with van der Waals surface area (Å²) in [5.41, 5.74) is 0.691. The van der Waals surface area contributed by atoms with Crippen molar-refractivity contribution in [2.45, 2.75) is 64.5 Å². The normalized spacial score (nSPS) is 23.6. The molecule has 0 radical (unpaired) electrons. The van der Waals surface area contributed by atoms with Gasteiger partial charge < -0.3 is 9.84 Å². The molecule has 1 atom stereocenters. The number of benzene rings is 2. The SMILES string of the molecule is CC(c1ccc2cc(O[C@H]3CC[C@@H](C)CC3)ccc2c1C(F)F)N1CC(CC(=O)O)C1. The molecule has 2 aliphatic rings. The van der Waals surface area contributed by atoms with E-state index in [1.54, 1.807) is 12.1 Å². The van der Waals surface area contributed by atoms with Gasteiger partial charge in [-0.15, -0.1) is 0 Å². The van der Waals surface area contributed by atoms with Gasteiger partial charge in [0.25, 0.3) is 6.43 Å². The number of rotatable bonds is 7. The highest BCUT2D eigenvalue weighted by molar-refractivity contribution is 5.88. The zero-order valence-corrected chi connectivity index (χ0v) is 18.2.